The minimum absolute atomic E-state index is 0.0326. The third-order valence-electron chi connectivity index (χ3n) is 3.66. The molecule has 0 bridgehead atoms. The molecule has 4 nitrogen and oxygen atoms in total. The topological polar surface area (TPSA) is 47.6 Å². The van der Waals surface area contributed by atoms with E-state index in [0.717, 1.165) is 4.90 Å². The van der Waals surface area contributed by atoms with Crippen LogP contribution in [0.1, 0.15) is 18.1 Å². The van der Waals surface area contributed by atoms with Crippen LogP contribution in [0.2, 0.25) is 0 Å². The van der Waals surface area contributed by atoms with Gasteiger partial charge >= 0.3 is 0 Å². The number of anilines is 1. The fourth-order valence-electron chi connectivity index (χ4n) is 2.30. The van der Waals surface area contributed by atoms with Crippen molar-refractivity contribution in [3.63, 3.8) is 0 Å². The summed E-state index contributed by atoms with van der Waals surface area (Å²) in [6, 6.07) is 11.7. The Balaban J connectivity index is 1.67. The third kappa shape index (κ3) is 3.62. The standard InChI is InChI=1S/C18H19NO3S/c1-11-4-5-12(2)17(8-11)23-13(3)18(20)19-14-6-7-15-16(9-14)22-10-21-15/h4-9,13H,10H2,1-3H3,(H,19,20). The highest BCUT2D eigenvalue weighted by molar-refractivity contribution is 8.00. The average Bonchev–Trinajstić information content (AvgIpc) is 2.98. The molecule has 1 aliphatic heterocycles. The number of hydrogen-bond acceptors (Lipinski definition) is 4. The number of aryl methyl sites for hydroxylation is 2. The van der Waals surface area contributed by atoms with Gasteiger partial charge in [0.15, 0.2) is 11.5 Å². The highest BCUT2D eigenvalue weighted by Crippen LogP contribution is 2.34. The van der Waals surface area contributed by atoms with Gasteiger partial charge in [0, 0.05) is 16.6 Å². The van der Waals surface area contributed by atoms with Crippen molar-refractivity contribution in [1.29, 1.82) is 0 Å². The van der Waals surface area contributed by atoms with Crippen LogP contribution in [0.3, 0.4) is 0 Å². The first-order chi connectivity index (χ1) is 11.0. The Kier molecular flexibility index (Phi) is 4.48. The Morgan fingerprint density at radius 3 is 2.74 bits per heavy atom. The Hall–Kier alpha value is -2.14. The minimum atomic E-state index is -0.194. The summed E-state index contributed by atoms with van der Waals surface area (Å²) in [6.45, 7) is 6.26. The van der Waals surface area contributed by atoms with Crippen molar-refractivity contribution in [2.24, 2.45) is 0 Å². The molecule has 1 N–H and O–H groups in total. The molecule has 0 aromatic heterocycles. The van der Waals surface area contributed by atoms with E-state index < -0.39 is 0 Å². The van der Waals surface area contributed by atoms with Gasteiger partial charge in [0.2, 0.25) is 12.7 Å². The van der Waals surface area contributed by atoms with Crippen LogP contribution in [0.25, 0.3) is 0 Å². The molecule has 3 rings (SSSR count). The van der Waals surface area contributed by atoms with Gasteiger partial charge in [-0.2, -0.15) is 0 Å². The second kappa shape index (κ2) is 6.54. The number of nitrogens with one attached hydrogen (secondary N) is 1. The number of ether oxygens (including phenoxy) is 2. The lowest BCUT2D eigenvalue weighted by Gasteiger charge is -2.14. The van der Waals surface area contributed by atoms with Gasteiger partial charge in [-0.15, -0.1) is 11.8 Å². The molecular formula is C18H19NO3S. The van der Waals surface area contributed by atoms with Crippen molar-refractivity contribution in [3.8, 4) is 11.5 Å². The van der Waals surface area contributed by atoms with Crippen LogP contribution in [-0.4, -0.2) is 18.0 Å². The van der Waals surface area contributed by atoms with Crippen molar-refractivity contribution in [1.82, 2.24) is 0 Å². The Morgan fingerprint density at radius 2 is 1.91 bits per heavy atom. The second-order valence-corrected chi connectivity index (χ2v) is 6.97. The molecule has 1 aliphatic rings. The molecule has 5 heteroatoms. The van der Waals surface area contributed by atoms with Crippen LogP contribution in [0.4, 0.5) is 5.69 Å². The van der Waals surface area contributed by atoms with Gasteiger partial charge in [0.05, 0.1) is 5.25 Å². The van der Waals surface area contributed by atoms with Crippen LogP contribution < -0.4 is 14.8 Å². The summed E-state index contributed by atoms with van der Waals surface area (Å²) in [5, 5.41) is 2.74. The average molecular weight is 329 g/mol. The summed E-state index contributed by atoms with van der Waals surface area (Å²) in [7, 11) is 0. The normalized spacial score (nSPS) is 13.7. The molecule has 1 heterocycles. The fourth-order valence-corrected chi connectivity index (χ4v) is 3.35. The van der Waals surface area contributed by atoms with Crippen molar-refractivity contribution in [3.05, 3.63) is 47.5 Å². The summed E-state index contributed by atoms with van der Waals surface area (Å²) < 4.78 is 10.6. The van der Waals surface area contributed by atoms with Crippen molar-refractivity contribution < 1.29 is 14.3 Å². The van der Waals surface area contributed by atoms with E-state index in [-0.39, 0.29) is 18.0 Å². The maximum absolute atomic E-state index is 12.4. The van der Waals surface area contributed by atoms with Crippen LogP contribution in [0, 0.1) is 13.8 Å². The van der Waals surface area contributed by atoms with Gasteiger partial charge in [0.1, 0.15) is 0 Å². The number of amides is 1. The predicted molar refractivity (Wildman–Crippen MR) is 92.4 cm³/mol. The smallest absolute Gasteiger partial charge is 0.237 e. The summed E-state index contributed by atoms with van der Waals surface area (Å²) in [5.74, 6) is 1.34. The van der Waals surface area contributed by atoms with Gasteiger partial charge < -0.3 is 14.8 Å². The maximum Gasteiger partial charge on any atom is 0.237 e. The van der Waals surface area contributed by atoms with Crippen LogP contribution >= 0.6 is 11.8 Å². The molecule has 0 fully saturated rings. The van der Waals surface area contributed by atoms with E-state index in [1.165, 1.54) is 11.1 Å². The number of rotatable bonds is 4. The van der Waals surface area contributed by atoms with Gasteiger partial charge in [-0.05, 0) is 44.5 Å². The molecule has 23 heavy (non-hydrogen) atoms. The number of hydrogen-bond donors (Lipinski definition) is 1. The zero-order valence-electron chi connectivity index (χ0n) is 13.4. The Bertz CT molecular complexity index is 745. The lowest BCUT2D eigenvalue weighted by molar-refractivity contribution is -0.115. The van der Waals surface area contributed by atoms with Crippen molar-refractivity contribution in [2.45, 2.75) is 30.9 Å². The molecule has 2 aromatic rings. The van der Waals surface area contributed by atoms with Crippen molar-refractivity contribution >= 4 is 23.4 Å². The van der Waals surface area contributed by atoms with Gasteiger partial charge in [-0.25, -0.2) is 0 Å². The molecule has 120 valence electrons. The monoisotopic (exact) mass is 329 g/mol. The first-order valence-electron chi connectivity index (χ1n) is 7.47. The number of fused-ring (bicyclic) bond motifs is 1. The first-order valence-corrected chi connectivity index (χ1v) is 8.35. The van der Waals surface area contributed by atoms with E-state index in [0.29, 0.717) is 17.2 Å². The van der Waals surface area contributed by atoms with E-state index >= 15 is 0 Å². The maximum atomic E-state index is 12.4. The van der Waals surface area contributed by atoms with E-state index in [1.807, 2.05) is 13.0 Å². The lowest BCUT2D eigenvalue weighted by Crippen LogP contribution is -2.22. The largest absolute Gasteiger partial charge is 0.454 e. The van der Waals surface area contributed by atoms with Gasteiger partial charge in [0.25, 0.3) is 0 Å². The fraction of sp³-hybridized carbons (Fsp3) is 0.278. The van der Waals surface area contributed by atoms with Crippen molar-refractivity contribution in [2.75, 3.05) is 12.1 Å². The third-order valence-corrected chi connectivity index (χ3v) is 4.92. The summed E-state index contributed by atoms with van der Waals surface area (Å²) in [5.41, 5.74) is 3.09. The van der Waals surface area contributed by atoms with Gasteiger partial charge in [-0.1, -0.05) is 17.7 Å². The molecule has 1 unspecified atom stereocenters. The summed E-state index contributed by atoms with van der Waals surface area (Å²) >= 11 is 1.57. The minimum Gasteiger partial charge on any atom is -0.454 e. The first kappa shape index (κ1) is 15.7. The van der Waals surface area contributed by atoms with Crippen LogP contribution in [0.15, 0.2) is 41.3 Å². The Labute approximate surface area is 140 Å². The second-order valence-electron chi connectivity index (χ2n) is 5.59. The molecular weight excluding hydrogens is 310 g/mol. The molecule has 0 aliphatic carbocycles. The lowest BCUT2D eigenvalue weighted by atomic mass is 10.2. The van der Waals surface area contributed by atoms with E-state index in [1.54, 1.807) is 23.9 Å². The Morgan fingerprint density at radius 1 is 1.13 bits per heavy atom. The zero-order chi connectivity index (χ0) is 16.4. The van der Waals surface area contributed by atoms with E-state index in [9.17, 15) is 4.79 Å². The van der Waals surface area contributed by atoms with E-state index in [4.69, 9.17) is 9.47 Å². The molecule has 0 saturated heterocycles. The highest BCUT2D eigenvalue weighted by atomic mass is 32.2. The van der Waals surface area contributed by atoms with Crippen LogP contribution in [0.5, 0.6) is 11.5 Å². The number of carbonyl (C=O) groups excluding carboxylic acids is 1. The SMILES string of the molecule is Cc1ccc(C)c(SC(C)C(=O)Nc2ccc3c(c2)OCO3)c1. The highest BCUT2D eigenvalue weighted by Gasteiger charge is 2.18. The molecule has 2 aromatic carbocycles. The quantitative estimate of drug-likeness (QED) is 0.856. The zero-order valence-corrected chi connectivity index (χ0v) is 14.2. The number of benzene rings is 2. The molecule has 0 saturated carbocycles. The van der Waals surface area contributed by atoms with Gasteiger partial charge in [-0.3, -0.25) is 4.79 Å². The summed E-state index contributed by atoms with van der Waals surface area (Å²) in [4.78, 5) is 13.5. The molecule has 0 spiro atoms. The number of thioether (sulfide) groups is 1. The molecule has 1 atom stereocenters. The predicted octanol–water partition coefficient (Wildman–Crippen LogP) is 4.15. The number of carbonyl (C=O) groups is 1. The molecule has 1 amide bonds. The van der Waals surface area contributed by atoms with Crippen LogP contribution in [-0.2, 0) is 4.79 Å². The van der Waals surface area contributed by atoms with E-state index in [2.05, 4.69) is 37.4 Å². The molecule has 0 radical (unpaired) electrons. The summed E-state index contributed by atoms with van der Waals surface area (Å²) in [6.07, 6.45) is 0.